The van der Waals surface area contributed by atoms with Gasteiger partial charge in [-0.15, -0.1) is 0 Å². The maximum absolute atomic E-state index is 10.0. The van der Waals surface area contributed by atoms with Crippen molar-refractivity contribution in [2.45, 2.75) is 19.3 Å². The first-order valence-electron chi connectivity index (χ1n) is 8.93. The van der Waals surface area contributed by atoms with Gasteiger partial charge in [-0.25, -0.2) is 0 Å². The number of nitrogens with zero attached hydrogens (tertiary/aromatic N) is 4. The van der Waals surface area contributed by atoms with Crippen LogP contribution < -0.4 is 5.73 Å². The van der Waals surface area contributed by atoms with Crippen molar-refractivity contribution >= 4 is 15.9 Å². The number of hydrogen-bond acceptors (Lipinski definition) is 5. The first kappa shape index (κ1) is 19.2. The van der Waals surface area contributed by atoms with E-state index in [-0.39, 0.29) is 11.6 Å². The lowest BCUT2D eigenvalue weighted by Crippen LogP contribution is -2.48. The van der Waals surface area contributed by atoms with Gasteiger partial charge in [0.1, 0.15) is 6.07 Å². The highest BCUT2D eigenvalue weighted by Crippen LogP contribution is 2.54. The molecule has 0 radical (unpaired) electrons. The Morgan fingerprint density at radius 2 is 2.04 bits per heavy atom. The van der Waals surface area contributed by atoms with Gasteiger partial charge in [0.15, 0.2) is 5.41 Å². The van der Waals surface area contributed by atoms with Gasteiger partial charge >= 0.3 is 0 Å². The molecule has 27 heavy (non-hydrogen) atoms. The van der Waals surface area contributed by atoms with Crippen LogP contribution in [0.2, 0.25) is 0 Å². The van der Waals surface area contributed by atoms with Crippen molar-refractivity contribution in [1.29, 1.82) is 15.8 Å². The fourth-order valence-corrected chi connectivity index (χ4v) is 4.73. The molecule has 1 aliphatic heterocycles. The highest BCUT2D eigenvalue weighted by molar-refractivity contribution is 9.10. The van der Waals surface area contributed by atoms with Crippen LogP contribution in [-0.4, -0.2) is 24.5 Å². The van der Waals surface area contributed by atoms with Crippen molar-refractivity contribution in [3.8, 4) is 18.2 Å². The van der Waals surface area contributed by atoms with Crippen molar-refractivity contribution in [3.05, 3.63) is 57.2 Å². The molecule has 2 atom stereocenters. The maximum Gasteiger partial charge on any atom is 0.191 e. The minimum Gasteiger partial charge on any atom is -0.399 e. The molecule has 0 amide bonds. The van der Waals surface area contributed by atoms with Crippen LogP contribution in [-0.2, 0) is 0 Å². The highest BCUT2D eigenvalue weighted by atomic mass is 79.9. The van der Waals surface area contributed by atoms with E-state index in [0.717, 1.165) is 35.1 Å². The molecule has 136 valence electrons. The van der Waals surface area contributed by atoms with E-state index in [1.807, 2.05) is 30.3 Å². The number of allylic oxidation sites excluding steroid dienone is 2. The molecule has 0 bridgehead atoms. The zero-order valence-electron chi connectivity index (χ0n) is 15.1. The molecule has 1 aliphatic carbocycles. The van der Waals surface area contributed by atoms with Gasteiger partial charge < -0.3 is 5.73 Å². The summed E-state index contributed by atoms with van der Waals surface area (Å²) in [4.78, 5) is 2.30. The van der Waals surface area contributed by atoms with Gasteiger partial charge in [-0.3, -0.25) is 4.90 Å². The summed E-state index contributed by atoms with van der Waals surface area (Å²) in [5.41, 5.74) is 6.85. The van der Waals surface area contributed by atoms with Gasteiger partial charge in [-0.2, -0.15) is 15.8 Å². The summed E-state index contributed by atoms with van der Waals surface area (Å²) < 4.78 is 0.880. The van der Waals surface area contributed by atoms with E-state index < -0.39 is 11.3 Å². The van der Waals surface area contributed by atoms with E-state index in [9.17, 15) is 15.8 Å². The number of rotatable bonds is 3. The van der Waals surface area contributed by atoms with Crippen LogP contribution >= 0.6 is 15.9 Å². The number of fused-ring (bicyclic) bond motifs is 1. The maximum atomic E-state index is 10.0. The van der Waals surface area contributed by atoms with Crippen LogP contribution in [0.5, 0.6) is 0 Å². The van der Waals surface area contributed by atoms with Gasteiger partial charge in [-0.1, -0.05) is 41.1 Å². The van der Waals surface area contributed by atoms with Crippen LogP contribution in [0.15, 0.2) is 51.7 Å². The summed E-state index contributed by atoms with van der Waals surface area (Å²) in [6.45, 7) is 4.49. The molecule has 0 spiro atoms. The predicted molar refractivity (Wildman–Crippen MR) is 106 cm³/mol. The summed E-state index contributed by atoms with van der Waals surface area (Å²) in [5.74, 6) is -0.575. The minimum absolute atomic E-state index is 0.0754. The summed E-state index contributed by atoms with van der Waals surface area (Å²) in [5, 5.41) is 29.8. The summed E-state index contributed by atoms with van der Waals surface area (Å²) >= 11 is 3.49. The van der Waals surface area contributed by atoms with E-state index >= 15 is 0 Å². The van der Waals surface area contributed by atoms with Gasteiger partial charge in [0.25, 0.3) is 0 Å². The van der Waals surface area contributed by atoms with Crippen molar-refractivity contribution < 1.29 is 0 Å². The lowest BCUT2D eigenvalue weighted by Gasteiger charge is -2.45. The van der Waals surface area contributed by atoms with E-state index in [2.05, 4.69) is 46.0 Å². The zero-order chi connectivity index (χ0) is 19.6. The Morgan fingerprint density at radius 1 is 1.30 bits per heavy atom. The second kappa shape index (κ2) is 7.57. The Labute approximate surface area is 168 Å². The lowest BCUT2D eigenvalue weighted by molar-refractivity contribution is 0.207. The number of nitrogens with two attached hydrogens (primary N) is 1. The van der Waals surface area contributed by atoms with E-state index in [4.69, 9.17) is 5.73 Å². The van der Waals surface area contributed by atoms with E-state index in [1.54, 1.807) is 0 Å². The molecule has 1 aromatic rings. The zero-order valence-corrected chi connectivity index (χ0v) is 16.7. The lowest BCUT2D eigenvalue weighted by atomic mass is 9.58. The SMILES string of the molecule is CCCN1CC=C2C(C#N)=C(N)C(C#N)(C#N)[C@H](c3cccc(Br)c3)[C@@H]2C1. The van der Waals surface area contributed by atoms with Crippen molar-refractivity contribution in [2.75, 3.05) is 19.6 Å². The molecule has 2 aliphatic rings. The predicted octanol–water partition coefficient (Wildman–Crippen LogP) is 3.58. The molecule has 0 saturated heterocycles. The van der Waals surface area contributed by atoms with Gasteiger partial charge in [-0.05, 0) is 36.2 Å². The normalized spacial score (nSPS) is 24.2. The van der Waals surface area contributed by atoms with Crippen molar-refractivity contribution in [1.82, 2.24) is 4.90 Å². The number of benzene rings is 1. The Kier molecular flexibility index (Phi) is 5.38. The Morgan fingerprint density at radius 3 is 2.63 bits per heavy atom. The van der Waals surface area contributed by atoms with Crippen LogP contribution in [0, 0.1) is 45.3 Å². The second-order valence-electron chi connectivity index (χ2n) is 6.99. The Balaban J connectivity index is 2.27. The quantitative estimate of drug-likeness (QED) is 0.803. The van der Waals surface area contributed by atoms with Crippen molar-refractivity contribution in [2.24, 2.45) is 17.1 Å². The fraction of sp³-hybridized carbons (Fsp3) is 0.381. The van der Waals surface area contributed by atoms with Crippen LogP contribution in [0.25, 0.3) is 0 Å². The molecule has 3 rings (SSSR count). The van der Waals surface area contributed by atoms with Gasteiger partial charge in [0, 0.05) is 29.4 Å². The molecule has 0 fully saturated rings. The molecule has 1 aromatic carbocycles. The van der Waals surface area contributed by atoms with Crippen LogP contribution in [0.1, 0.15) is 24.8 Å². The monoisotopic (exact) mass is 421 g/mol. The third kappa shape index (κ3) is 3.04. The smallest absolute Gasteiger partial charge is 0.191 e. The number of nitriles is 3. The molecule has 2 N–H and O–H groups in total. The molecular weight excluding hydrogens is 402 g/mol. The summed E-state index contributed by atoms with van der Waals surface area (Å²) in [6.07, 6.45) is 3.06. The fourth-order valence-electron chi connectivity index (χ4n) is 4.31. The molecule has 0 aromatic heterocycles. The number of halogens is 1. The Bertz CT molecular complexity index is 927. The molecule has 6 heteroatoms. The molecule has 0 unspecified atom stereocenters. The van der Waals surface area contributed by atoms with Crippen LogP contribution in [0.4, 0.5) is 0 Å². The third-order valence-corrected chi connectivity index (χ3v) is 5.98. The molecule has 1 heterocycles. The Hall–Kier alpha value is -2.59. The largest absolute Gasteiger partial charge is 0.399 e. The second-order valence-corrected chi connectivity index (χ2v) is 7.91. The van der Waals surface area contributed by atoms with Crippen LogP contribution in [0.3, 0.4) is 0 Å². The van der Waals surface area contributed by atoms with Crippen molar-refractivity contribution in [3.63, 3.8) is 0 Å². The number of hydrogen-bond donors (Lipinski definition) is 1. The average molecular weight is 422 g/mol. The van der Waals surface area contributed by atoms with E-state index in [0.29, 0.717) is 12.1 Å². The minimum atomic E-state index is -1.57. The average Bonchev–Trinajstić information content (AvgIpc) is 2.67. The molecule has 5 nitrogen and oxygen atoms in total. The summed E-state index contributed by atoms with van der Waals surface area (Å²) in [7, 11) is 0. The standard InChI is InChI=1S/C21H20BrN5/c1-2-7-27-8-6-16-17(10-23)20(26)21(12-24,13-25)19(18(16)11-27)14-4-3-5-15(22)9-14/h3-6,9,18-19H,2,7-8,11,26H2,1H3/t18-,19-/m1/s1. The topological polar surface area (TPSA) is 101 Å². The van der Waals surface area contributed by atoms with Gasteiger partial charge in [0.05, 0.1) is 23.4 Å². The summed E-state index contributed by atoms with van der Waals surface area (Å²) in [6, 6.07) is 14.2. The first-order chi connectivity index (χ1) is 13.0. The molecular formula is C21H20BrN5. The highest BCUT2D eigenvalue weighted by Gasteiger charge is 2.54. The van der Waals surface area contributed by atoms with E-state index in [1.165, 1.54) is 0 Å². The third-order valence-electron chi connectivity index (χ3n) is 5.49. The van der Waals surface area contributed by atoms with Gasteiger partial charge in [0.2, 0.25) is 0 Å². The first-order valence-corrected chi connectivity index (χ1v) is 9.72. The molecule has 0 saturated carbocycles.